The highest BCUT2D eigenvalue weighted by molar-refractivity contribution is 5.84. The number of carbonyl (C=O) groups is 2. The van der Waals surface area contributed by atoms with Gasteiger partial charge < -0.3 is 10.1 Å². The minimum Gasteiger partial charge on any atom is -0.458 e. The Bertz CT molecular complexity index is 292. The molecule has 0 fully saturated rings. The van der Waals surface area contributed by atoms with Crippen LogP contribution in [0.2, 0.25) is 0 Å². The monoisotopic (exact) mass is 271 g/mol. The summed E-state index contributed by atoms with van der Waals surface area (Å²) in [6, 6.07) is -0.562. The maximum atomic E-state index is 12.0. The first kappa shape index (κ1) is 17.9. The molecule has 1 N–H and O–H groups in total. The lowest BCUT2D eigenvalue weighted by molar-refractivity contribution is -0.160. The lowest BCUT2D eigenvalue weighted by Crippen LogP contribution is -2.47. The Balaban J connectivity index is 4.41. The minimum atomic E-state index is -0.562. The molecule has 0 unspecified atom stereocenters. The van der Waals surface area contributed by atoms with Crippen LogP contribution in [0.1, 0.15) is 67.2 Å². The van der Waals surface area contributed by atoms with Crippen molar-refractivity contribution >= 4 is 11.9 Å². The lowest BCUT2D eigenvalue weighted by atomic mass is 10.0. The summed E-state index contributed by atoms with van der Waals surface area (Å²) in [5.74, 6) is -0.408. The number of esters is 1. The molecular formula is C15H29NO3. The summed E-state index contributed by atoms with van der Waals surface area (Å²) in [6.07, 6.45) is 3.44. The molecule has 0 radical (unpaired) electrons. The fourth-order valence-electron chi connectivity index (χ4n) is 1.64. The third kappa shape index (κ3) is 8.62. The van der Waals surface area contributed by atoms with Crippen molar-refractivity contribution in [1.29, 1.82) is 0 Å². The predicted molar refractivity (Wildman–Crippen MR) is 76.8 cm³/mol. The Kier molecular flexibility index (Phi) is 7.72. The van der Waals surface area contributed by atoms with Crippen molar-refractivity contribution in [2.24, 2.45) is 5.92 Å². The molecule has 4 heteroatoms. The number of amides is 1. The van der Waals surface area contributed by atoms with Gasteiger partial charge in [-0.1, -0.05) is 33.6 Å². The molecule has 0 aromatic carbocycles. The molecule has 1 atom stereocenters. The zero-order valence-electron chi connectivity index (χ0n) is 13.2. The second-order valence-corrected chi connectivity index (χ2v) is 6.28. The molecule has 0 aromatic rings. The van der Waals surface area contributed by atoms with Gasteiger partial charge in [0.15, 0.2) is 0 Å². The van der Waals surface area contributed by atoms with Crippen molar-refractivity contribution in [2.75, 3.05) is 0 Å². The maximum Gasteiger partial charge on any atom is 0.329 e. The highest BCUT2D eigenvalue weighted by Crippen LogP contribution is 2.12. The van der Waals surface area contributed by atoms with Crippen molar-refractivity contribution in [2.45, 2.75) is 78.9 Å². The first-order valence-corrected chi connectivity index (χ1v) is 7.19. The van der Waals surface area contributed by atoms with Crippen LogP contribution in [0.4, 0.5) is 0 Å². The summed E-state index contributed by atoms with van der Waals surface area (Å²) in [5.41, 5.74) is -0.531. The summed E-state index contributed by atoms with van der Waals surface area (Å²) in [7, 11) is 0. The van der Waals surface area contributed by atoms with Crippen LogP contribution in [-0.4, -0.2) is 23.5 Å². The number of unbranched alkanes of at least 4 members (excludes halogenated alkanes) is 2. The van der Waals surface area contributed by atoms with Gasteiger partial charge in [-0.05, 0) is 33.1 Å². The van der Waals surface area contributed by atoms with Crippen LogP contribution in [0.15, 0.2) is 0 Å². The Morgan fingerprint density at radius 3 is 2.16 bits per heavy atom. The van der Waals surface area contributed by atoms with Crippen molar-refractivity contribution in [1.82, 2.24) is 5.32 Å². The van der Waals surface area contributed by atoms with Gasteiger partial charge in [-0.15, -0.1) is 0 Å². The van der Waals surface area contributed by atoms with Crippen LogP contribution in [0.3, 0.4) is 0 Å². The van der Waals surface area contributed by atoms with Crippen LogP contribution in [-0.2, 0) is 14.3 Å². The van der Waals surface area contributed by atoms with Crippen LogP contribution in [0.5, 0.6) is 0 Å². The van der Waals surface area contributed by atoms with E-state index < -0.39 is 11.6 Å². The molecule has 4 nitrogen and oxygen atoms in total. The van der Waals surface area contributed by atoms with Crippen LogP contribution in [0, 0.1) is 5.92 Å². The standard InChI is InChI=1S/C15H29NO3/c1-7-8-9-10-12(17)16-13(11(2)3)14(18)19-15(4,5)6/h11,13H,7-10H2,1-6H3,(H,16,17)/t13-/m0/s1. The van der Waals surface area contributed by atoms with Crippen LogP contribution in [0.25, 0.3) is 0 Å². The highest BCUT2D eigenvalue weighted by Gasteiger charge is 2.28. The van der Waals surface area contributed by atoms with Gasteiger partial charge in [0.25, 0.3) is 0 Å². The van der Waals surface area contributed by atoms with E-state index in [9.17, 15) is 9.59 Å². The molecular weight excluding hydrogens is 242 g/mol. The van der Waals surface area contributed by atoms with E-state index in [1.165, 1.54) is 0 Å². The van der Waals surface area contributed by atoms with E-state index in [2.05, 4.69) is 12.2 Å². The molecule has 0 spiro atoms. The number of hydrogen-bond acceptors (Lipinski definition) is 3. The molecule has 0 aliphatic rings. The zero-order chi connectivity index (χ0) is 15.1. The lowest BCUT2D eigenvalue weighted by Gasteiger charge is -2.26. The van der Waals surface area contributed by atoms with Gasteiger partial charge in [0.05, 0.1) is 0 Å². The number of ether oxygens (including phenoxy) is 1. The topological polar surface area (TPSA) is 55.4 Å². The summed E-state index contributed by atoms with van der Waals surface area (Å²) in [6.45, 7) is 11.4. The first-order chi connectivity index (χ1) is 8.67. The summed E-state index contributed by atoms with van der Waals surface area (Å²) in [4.78, 5) is 23.8. The Morgan fingerprint density at radius 2 is 1.74 bits per heavy atom. The third-order valence-electron chi connectivity index (χ3n) is 2.65. The van der Waals surface area contributed by atoms with Gasteiger partial charge in [-0.25, -0.2) is 4.79 Å². The molecule has 19 heavy (non-hydrogen) atoms. The van der Waals surface area contributed by atoms with Crippen molar-refractivity contribution in [3.63, 3.8) is 0 Å². The van der Waals surface area contributed by atoms with Crippen LogP contribution < -0.4 is 5.32 Å². The first-order valence-electron chi connectivity index (χ1n) is 7.19. The smallest absolute Gasteiger partial charge is 0.329 e. The second kappa shape index (κ2) is 8.18. The van der Waals surface area contributed by atoms with E-state index in [4.69, 9.17) is 4.74 Å². The summed E-state index contributed by atoms with van der Waals surface area (Å²) in [5, 5.41) is 2.78. The van der Waals surface area contributed by atoms with Crippen LogP contribution >= 0.6 is 0 Å². The highest BCUT2D eigenvalue weighted by atomic mass is 16.6. The summed E-state index contributed by atoms with van der Waals surface area (Å²) >= 11 is 0. The van der Waals surface area contributed by atoms with Crippen molar-refractivity contribution in [3.05, 3.63) is 0 Å². The number of hydrogen-bond donors (Lipinski definition) is 1. The Hall–Kier alpha value is -1.06. The Labute approximate surface area is 117 Å². The molecule has 0 saturated carbocycles. The number of nitrogens with one attached hydrogen (secondary N) is 1. The third-order valence-corrected chi connectivity index (χ3v) is 2.65. The number of rotatable bonds is 7. The largest absolute Gasteiger partial charge is 0.458 e. The van der Waals surface area contributed by atoms with Gasteiger partial charge in [-0.3, -0.25) is 4.79 Å². The quantitative estimate of drug-likeness (QED) is 0.572. The predicted octanol–water partition coefficient (Wildman–Crippen LogP) is 3.05. The summed E-state index contributed by atoms with van der Waals surface area (Å²) < 4.78 is 5.33. The molecule has 0 heterocycles. The molecule has 0 aliphatic heterocycles. The fourth-order valence-corrected chi connectivity index (χ4v) is 1.64. The van der Waals surface area contributed by atoms with Gasteiger partial charge >= 0.3 is 5.97 Å². The molecule has 0 saturated heterocycles. The molecule has 0 bridgehead atoms. The van der Waals surface area contributed by atoms with E-state index in [1.54, 1.807) is 0 Å². The molecule has 1 amide bonds. The van der Waals surface area contributed by atoms with E-state index in [1.807, 2.05) is 34.6 Å². The van der Waals surface area contributed by atoms with E-state index in [0.29, 0.717) is 6.42 Å². The zero-order valence-corrected chi connectivity index (χ0v) is 13.2. The van der Waals surface area contributed by atoms with Gasteiger partial charge in [0, 0.05) is 6.42 Å². The van der Waals surface area contributed by atoms with Gasteiger partial charge in [0.2, 0.25) is 5.91 Å². The number of carbonyl (C=O) groups excluding carboxylic acids is 2. The van der Waals surface area contributed by atoms with Gasteiger partial charge in [0.1, 0.15) is 11.6 Å². The maximum absolute atomic E-state index is 12.0. The van der Waals surface area contributed by atoms with E-state index in [0.717, 1.165) is 19.3 Å². The van der Waals surface area contributed by atoms with Crippen molar-refractivity contribution in [3.8, 4) is 0 Å². The molecule has 0 aliphatic carbocycles. The normalized spacial score (nSPS) is 13.2. The minimum absolute atomic E-state index is 0.0185. The molecule has 0 rings (SSSR count). The average molecular weight is 271 g/mol. The second-order valence-electron chi connectivity index (χ2n) is 6.28. The Morgan fingerprint density at radius 1 is 1.16 bits per heavy atom. The molecule has 112 valence electrons. The van der Waals surface area contributed by atoms with Crippen molar-refractivity contribution < 1.29 is 14.3 Å². The van der Waals surface area contributed by atoms with Gasteiger partial charge in [-0.2, -0.15) is 0 Å². The SMILES string of the molecule is CCCCCC(=O)N[C@H](C(=O)OC(C)(C)C)C(C)C. The average Bonchev–Trinajstić information content (AvgIpc) is 2.23. The molecule has 0 aromatic heterocycles. The fraction of sp³-hybridized carbons (Fsp3) is 0.867. The van der Waals surface area contributed by atoms with E-state index in [-0.39, 0.29) is 17.8 Å². The van der Waals surface area contributed by atoms with E-state index >= 15 is 0 Å².